The van der Waals surface area contributed by atoms with Crippen LogP contribution in [-0.2, 0) is 25.2 Å². The van der Waals surface area contributed by atoms with Crippen LogP contribution in [0.5, 0.6) is 0 Å². The maximum atomic E-state index is 11.8. The Morgan fingerprint density at radius 2 is 1.44 bits per heavy atom. The first-order valence-electron chi connectivity index (χ1n) is 10.3. The number of aryl methyl sites for hydroxylation is 1. The lowest BCUT2D eigenvalue weighted by Crippen LogP contribution is -2.26. The minimum absolute atomic E-state index is 0.518. The van der Waals surface area contributed by atoms with E-state index in [1.807, 2.05) is 78.3 Å². The molecule has 5 aromatic rings. The fraction of sp³-hybridized carbons (Fsp3) is 0.200. The van der Waals surface area contributed by atoms with Gasteiger partial charge < -0.3 is 18.4 Å². The Morgan fingerprint density at radius 1 is 0.781 bits per heavy atom. The summed E-state index contributed by atoms with van der Waals surface area (Å²) in [5, 5.41) is 15.7. The van der Waals surface area contributed by atoms with Crippen molar-refractivity contribution in [2.45, 2.75) is 32.2 Å². The molecule has 32 heavy (non-hydrogen) atoms. The summed E-state index contributed by atoms with van der Waals surface area (Å²) in [6, 6.07) is 19.4. The molecule has 0 saturated carbocycles. The number of rotatable bonds is 9. The summed E-state index contributed by atoms with van der Waals surface area (Å²) >= 11 is 3.03. The van der Waals surface area contributed by atoms with Crippen molar-refractivity contribution in [3.63, 3.8) is 0 Å². The fourth-order valence-corrected chi connectivity index (χ4v) is 5.54. The van der Waals surface area contributed by atoms with Crippen molar-refractivity contribution in [3.8, 4) is 0 Å². The Hall–Kier alpha value is -2.84. The first-order valence-corrected chi connectivity index (χ1v) is 12.1. The van der Waals surface area contributed by atoms with Gasteiger partial charge in [-0.15, -0.1) is 22.7 Å². The number of hydrogen-bond donors (Lipinski definition) is 1. The average Bonchev–Trinajstić information content (AvgIpc) is 3.60. The predicted octanol–water partition coefficient (Wildman–Crippen LogP) is 6.38. The van der Waals surface area contributed by atoms with Crippen molar-refractivity contribution in [1.82, 2.24) is 4.90 Å². The van der Waals surface area contributed by atoms with E-state index in [2.05, 4.69) is 4.90 Å². The van der Waals surface area contributed by atoms with Gasteiger partial charge >= 0.3 is 0 Å². The van der Waals surface area contributed by atoms with Gasteiger partial charge in [-0.25, -0.2) is 0 Å². The van der Waals surface area contributed by atoms with Gasteiger partial charge in [0.2, 0.25) is 0 Å². The number of thiophene rings is 2. The van der Waals surface area contributed by atoms with Crippen molar-refractivity contribution in [2.75, 3.05) is 0 Å². The molecule has 0 atom stereocenters. The molecule has 5 heterocycles. The minimum atomic E-state index is -1.30. The Balaban J connectivity index is 1.42. The van der Waals surface area contributed by atoms with Gasteiger partial charge in [-0.05, 0) is 66.2 Å². The van der Waals surface area contributed by atoms with Gasteiger partial charge in [0.15, 0.2) is 5.60 Å². The Kier molecular flexibility index (Phi) is 5.89. The van der Waals surface area contributed by atoms with Crippen molar-refractivity contribution in [2.24, 2.45) is 0 Å². The highest BCUT2D eigenvalue weighted by Gasteiger charge is 2.39. The van der Waals surface area contributed by atoms with Crippen molar-refractivity contribution in [3.05, 3.63) is 116 Å². The van der Waals surface area contributed by atoms with Crippen LogP contribution in [0.4, 0.5) is 0 Å². The van der Waals surface area contributed by atoms with Gasteiger partial charge in [0.1, 0.15) is 28.8 Å². The van der Waals surface area contributed by atoms with Gasteiger partial charge in [-0.3, -0.25) is 4.90 Å². The first-order chi connectivity index (χ1) is 15.6. The van der Waals surface area contributed by atoms with E-state index in [9.17, 15) is 5.11 Å². The smallest absolute Gasteiger partial charge is 0.191 e. The van der Waals surface area contributed by atoms with Crippen molar-refractivity contribution in [1.29, 1.82) is 0 Å². The molecule has 5 nitrogen and oxygen atoms in total. The van der Waals surface area contributed by atoms with Crippen LogP contribution in [0.1, 0.15) is 38.6 Å². The third-order valence-corrected chi connectivity index (χ3v) is 7.25. The van der Waals surface area contributed by atoms with E-state index >= 15 is 0 Å². The summed E-state index contributed by atoms with van der Waals surface area (Å²) in [5.74, 6) is 3.92. The third-order valence-electron chi connectivity index (χ3n) is 5.29. The van der Waals surface area contributed by atoms with E-state index in [0.717, 1.165) is 32.8 Å². The molecule has 5 aromatic heterocycles. The van der Waals surface area contributed by atoms with Crippen LogP contribution in [0, 0.1) is 6.92 Å². The van der Waals surface area contributed by atoms with Crippen molar-refractivity contribution < 1.29 is 18.4 Å². The molecule has 0 aliphatic rings. The highest BCUT2D eigenvalue weighted by Crippen LogP contribution is 2.41. The molecular weight excluding hydrogens is 442 g/mol. The maximum Gasteiger partial charge on any atom is 0.191 e. The zero-order valence-corrected chi connectivity index (χ0v) is 19.2. The minimum Gasteiger partial charge on any atom is -0.468 e. The second kappa shape index (κ2) is 8.96. The molecule has 0 amide bonds. The molecule has 0 bridgehead atoms. The first kappa shape index (κ1) is 21.0. The van der Waals surface area contributed by atoms with Crippen LogP contribution >= 0.6 is 22.7 Å². The van der Waals surface area contributed by atoms with Gasteiger partial charge in [0, 0.05) is 9.75 Å². The van der Waals surface area contributed by atoms with E-state index in [1.54, 1.807) is 6.26 Å². The molecule has 0 saturated heterocycles. The second-order valence-corrected chi connectivity index (χ2v) is 9.56. The van der Waals surface area contributed by atoms with Crippen LogP contribution in [-0.4, -0.2) is 10.0 Å². The predicted molar refractivity (Wildman–Crippen MR) is 125 cm³/mol. The molecule has 0 aliphatic carbocycles. The molecule has 0 aromatic carbocycles. The van der Waals surface area contributed by atoms with Crippen LogP contribution < -0.4 is 0 Å². The molecule has 0 aliphatic heterocycles. The summed E-state index contributed by atoms with van der Waals surface area (Å²) in [5.41, 5.74) is -1.30. The van der Waals surface area contributed by atoms with Gasteiger partial charge in [-0.1, -0.05) is 12.1 Å². The second-order valence-electron chi connectivity index (χ2n) is 7.67. The zero-order chi connectivity index (χ0) is 22.0. The Morgan fingerprint density at radius 3 is 2.00 bits per heavy atom. The van der Waals surface area contributed by atoms with E-state index in [1.165, 1.54) is 22.7 Å². The lowest BCUT2D eigenvalue weighted by atomic mass is 9.97. The van der Waals surface area contributed by atoms with Crippen LogP contribution in [0.2, 0.25) is 0 Å². The molecule has 164 valence electrons. The molecule has 5 rings (SSSR count). The maximum absolute atomic E-state index is 11.8. The zero-order valence-electron chi connectivity index (χ0n) is 17.6. The molecule has 0 radical (unpaired) electrons. The monoisotopic (exact) mass is 465 g/mol. The van der Waals surface area contributed by atoms with E-state index in [4.69, 9.17) is 13.3 Å². The van der Waals surface area contributed by atoms with Crippen molar-refractivity contribution >= 4 is 22.7 Å². The van der Waals surface area contributed by atoms with Crippen LogP contribution in [0.15, 0.2) is 90.9 Å². The highest BCUT2D eigenvalue weighted by atomic mass is 32.1. The molecule has 0 spiro atoms. The third kappa shape index (κ3) is 4.25. The molecule has 7 heteroatoms. The van der Waals surface area contributed by atoms with E-state index in [0.29, 0.717) is 25.4 Å². The summed E-state index contributed by atoms with van der Waals surface area (Å²) in [4.78, 5) is 3.86. The number of hydrogen-bond acceptors (Lipinski definition) is 7. The Labute approximate surface area is 194 Å². The van der Waals surface area contributed by atoms with E-state index < -0.39 is 5.60 Å². The molecular formula is C25H23NO4S2. The standard InChI is InChI=1S/C25H23NO4S2/c1-18-8-9-20(29-18)16-26(15-19-5-2-12-28-19)17-21-10-11-22(30-21)25(27,23-6-3-13-31-23)24-7-4-14-32-24/h2-14,27H,15-17H2,1H3. The average molecular weight is 466 g/mol. The largest absolute Gasteiger partial charge is 0.468 e. The summed E-state index contributed by atoms with van der Waals surface area (Å²) in [7, 11) is 0. The number of aliphatic hydroxyl groups is 1. The topological polar surface area (TPSA) is 62.9 Å². The molecule has 1 N–H and O–H groups in total. The van der Waals surface area contributed by atoms with Gasteiger partial charge in [-0.2, -0.15) is 0 Å². The van der Waals surface area contributed by atoms with Crippen LogP contribution in [0.25, 0.3) is 0 Å². The fourth-order valence-electron chi connectivity index (χ4n) is 3.79. The number of nitrogens with zero attached hydrogens (tertiary/aromatic N) is 1. The normalized spacial score (nSPS) is 12.1. The summed E-state index contributed by atoms with van der Waals surface area (Å²) < 4.78 is 17.6. The molecule has 0 unspecified atom stereocenters. The van der Waals surface area contributed by atoms with E-state index in [-0.39, 0.29) is 0 Å². The molecule has 0 fully saturated rings. The van der Waals surface area contributed by atoms with Gasteiger partial charge in [0.25, 0.3) is 0 Å². The Bertz CT molecular complexity index is 1200. The quantitative estimate of drug-likeness (QED) is 0.273. The number of furan rings is 3. The SMILES string of the molecule is Cc1ccc(CN(Cc2ccco2)Cc2ccc(C(O)(c3cccs3)c3cccs3)o2)o1. The summed E-state index contributed by atoms with van der Waals surface area (Å²) in [6.07, 6.45) is 1.68. The van der Waals surface area contributed by atoms with Crippen LogP contribution in [0.3, 0.4) is 0 Å². The van der Waals surface area contributed by atoms with Gasteiger partial charge in [0.05, 0.1) is 25.9 Å². The highest BCUT2D eigenvalue weighted by molar-refractivity contribution is 7.11. The summed E-state index contributed by atoms with van der Waals surface area (Å²) in [6.45, 7) is 3.72. The lowest BCUT2D eigenvalue weighted by molar-refractivity contribution is 0.101. The lowest BCUT2D eigenvalue weighted by Gasteiger charge is -2.24.